The molecule has 98 valence electrons. The highest BCUT2D eigenvalue weighted by Gasteiger charge is 2.58. The lowest BCUT2D eigenvalue weighted by Crippen LogP contribution is -2.68. The maximum Gasteiger partial charge on any atom is 0.0661 e. The molecule has 3 aliphatic carbocycles. The lowest BCUT2D eigenvalue weighted by molar-refractivity contribution is -0.175. The Morgan fingerprint density at radius 2 is 1.88 bits per heavy atom. The smallest absolute Gasteiger partial charge is 0.0661 e. The first-order valence-corrected chi connectivity index (χ1v) is 7.73. The van der Waals surface area contributed by atoms with Crippen LogP contribution in [0.25, 0.3) is 0 Å². The minimum absolute atomic E-state index is 0.549. The van der Waals surface area contributed by atoms with E-state index in [1.54, 1.807) is 0 Å². The van der Waals surface area contributed by atoms with E-state index in [1.807, 2.05) is 0 Å². The summed E-state index contributed by atoms with van der Waals surface area (Å²) >= 11 is 0. The van der Waals surface area contributed by atoms with Crippen molar-refractivity contribution in [1.82, 2.24) is 5.32 Å². The van der Waals surface area contributed by atoms with Crippen molar-refractivity contribution in [3.8, 4) is 0 Å². The first-order valence-electron chi connectivity index (χ1n) is 7.73. The average Bonchev–Trinajstić information content (AvgIpc) is 2.27. The summed E-state index contributed by atoms with van der Waals surface area (Å²) in [6.45, 7) is 3.02. The van der Waals surface area contributed by atoms with Gasteiger partial charge in [-0.2, -0.15) is 0 Å². The Hall–Kier alpha value is -0.0800. The molecule has 0 aromatic carbocycles. The molecular weight excluding hydrogens is 210 g/mol. The zero-order chi connectivity index (χ0) is 11.7. The largest absolute Gasteiger partial charge is 0.378 e. The lowest BCUT2D eigenvalue weighted by atomic mass is 9.51. The van der Waals surface area contributed by atoms with Gasteiger partial charge < -0.3 is 10.1 Å². The van der Waals surface area contributed by atoms with Crippen LogP contribution in [-0.2, 0) is 4.74 Å². The van der Waals surface area contributed by atoms with E-state index >= 15 is 0 Å². The van der Waals surface area contributed by atoms with E-state index in [0.29, 0.717) is 11.5 Å². The standard InChI is InChI=1S/C15H27NO/c1-2-17-14-11-13(15(14)9-6-10-15)16-12-7-4-3-5-8-12/h12-14,16H,2-11H2,1H3. The van der Waals surface area contributed by atoms with Crippen LogP contribution in [0.4, 0.5) is 0 Å². The van der Waals surface area contributed by atoms with Crippen molar-refractivity contribution < 1.29 is 4.74 Å². The molecule has 3 rings (SSSR count). The Bertz CT molecular complexity index is 256. The predicted molar refractivity (Wildman–Crippen MR) is 70.1 cm³/mol. The van der Waals surface area contributed by atoms with Gasteiger partial charge in [0.1, 0.15) is 0 Å². The fourth-order valence-electron chi connectivity index (χ4n) is 4.23. The zero-order valence-electron chi connectivity index (χ0n) is 11.2. The van der Waals surface area contributed by atoms with Gasteiger partial charge in [-0.05, 0) is 39.0 Å². The van der Waals surface area contributed by atoms with Gasteiger partial charge in [0, 0.05) is 24.1 Å². The highest BCUT2D eigenvalue weighted by molar-refractivity contribution is 5.12. The summed E-state index contributed by atoms with van der Waals surface area (Å²) in [7, 11) is 0. The van der Waals surface area contributed by atoms with Crippen LogP contribution < -0.4 is 5.32 Å². The van der Waals surface area contributed by atoms with Crippen molar-refractivity contribution in [1.29, 1.82) is 0 Å². The lowest BCUT2D eigenvalue weighted by Gasteiger charge is -2.62. The average molecular weight is 237 g/mol. The maximum absolute atomic E-state index is 5.91. The van der Waals surface area contributed by atoms with E-state index in [2.05, 4.69) is 12.2 Å². The molecule has 2 nitrogen and oxygen atoms in total. The molecule has 3 saturated carbocycles. The molecule has 0 bridgehead atoms. The van der Waals surface area contributed by atoms with Gasteiger partial charge in [0.05, 0.1) is 6.10 Å². The summed E-state index contributed by atoms with van der Waals surface area (Å²) in [6, 6.07) is 1.59. The first-order chi connectivity index (χ1) is 8.35. The minimum atomic E-state index is 0.549. The molecular formula is C15H27NO. The molecule has 1 N–H and O–H groups in total. The monoisotopic (exact) mass is 237 g/mol. The fraction of sp³-hybridized carbons (Fsp3) is 1.00. The highest BCUT2D eigenvalue weighted by Crippen LogP contribution is 2.57. The molecule has 2 heteroatoms. The molecule has 3 fully saturated rings. The van der Waals surface area contributed by atoms with E-state index < -0.39 is 0 Å². The van der Waals surface area contributed by atoms with Crippen LogP contribution in [0.2, 0.25) is 0 Å². The van der Waals surface area contributed by atoms with Gasteiger partial charge in [0.2, 0.25) is 0 Å². The van der Waals surface area contributed by atoms with Crippen LogP contribution in [0.15, 0.2) is 0 Å². The van der Waals surface area contributed by atoms with Crippen molar-refractivity contribution in [3.05, 3.63) is 0 Å². The Morgan fingerprint density at radius 3 is 2.47 bits per heavy atom. The van der Waals surface area contributed by atoms with Crippen molar-refractivity contribution in [2.75, 3.05) is 6.61 Å². The number of ether oxygens (including phenoxy) is 1. The van der Waals surface area contributed by atoms with E-state index in [0.717, 1.165) is 18.7 Å². The summed E-state index contributed by atoms with van der Waals surface area (Å²) < 4.78 is 5.91. The third-order valence-corrected chi connectivity index (χ3v) is 5.48. The number of hydrogen-bond acceptors (Lipinski definition) is 2. The molecule has 0 amide bonds. The molecule has 0 aromatic heterocycles. The normalized spacial score (nSPS) is 36.5. The maximum atomic E-state index is 5.91. The fourth-order valence-corrected chi connectivity index (χ4v) is 4.23. The van der Waals surface area contributed by atoms with Crippen LogP contribution >= 0.6 is 0 Å². The van der Waals surface area contributed by atoms with Crippen molar-refractivity contribution in [3.63, 3.8) is 0 Å². The van der Waals surface area contributed by atoms with Crippen LogP contribution in [0.3, 0.4) is 0 Å². The van der Waals surface area contributed by atoms with Gasteiger partial charge in [-0.15, -0.1) is 0 Å². The molecule has 1 spiro atoms. The Morgan fingerprint density at radius 1 is 1.12 bits per heavy atom. The third kappa shape index (κ3) is 2.04. The van der Waals surface area contributed by atoms with Gasteiger partial charge in [0.25, 0.3) is 0 Å². The Labute approximate surface area is 105 Å². The second kappa shape index (κ2) is 4.89. The number of nitrogens with one attached hydrogen (secondary N) is 1. The molecule has 17 heavy (non-hydrogen) atoms. The van der Waals surface area contributed by atoms with E-state index in [-0.39, 0.29) is 0 Å². The summed E-state index contributed by atoms with van der Waals surface area (Å²) in [5, 5.41) is 3.96. The minimum Gasteiger partial charge on any atom is -0.378 e. The molecule has 0 aromatic rings. The van der Waals surface area contributed by atoms with E-state index in [9.17, 15) is 0 Å². The SMILES string of the molecule is CCOC1CC(NC2CCCCC2)C12CCC2. The second-order valence-electron chi connectivity index (χ2n) is 6.32. The Kier molecular flexibility index (Phi) is 3.45. The Balaban J connectivity index is 1.54. The highest BCUT2D eigenvalue weighted by atomic mass is 16.5. The van der Waals surface area contributed by atoms with Crippen LogP contribution in [-0.4, -0.2) is 24.8 Å². The molecule has 0 saturated heterocycles. The quantitative estimate of drug-likeness (QED) is 0.810. The predicted octanol–water partition coefficient (Wildman–Crippen LogP) is 3.26. The molecule has 0 heterocycles. The van der Waals surface area contributed by atoms with Gasteiger partial charge in [-0.3, -0.25) is 0 Å². The number of hydrogen-bond donors (Lipinski definition) is 1. The molecule has 0 aliphatic heterocycles. The zero-order valence-corrected chi connectivity index (χ0v) is 11.2. The van der Waals surface area contributed by atoms with Crippen LogP contribution in [0.5, 0.6) is 0 Å². The van der Waals surface area contributed by atoms with Gasteiger partial charge >= 0.3 is 0 Å². The third-order valence-electron chi connectivity index (χ3n) is 5.48. The van der Waals surface area contributed by atoms with Crippen LogP contribution in [0.1, 0.15) is 64.7 Å². The summed E-state index contributed by atoms with van der Waals surface area (Å²) in [5.41, 5.74) is 0.549. The van der Waals surface area contributed by atoms with E-state index in [1.165, 1.54) is 57.8 Å². The summed E-state index contributed by atoms with van der Waals surface area (Å²) in [6.07, 6.45) is 13.2. The molecule has 3 aliphatic rings. The van der Waals surface area contributed by atoms with Gasteiger partial charge in [-0.1, -0.05) is 25.7 Å². The molecule has 0 radical (unpaired) electrons. The summed E-state index contributed by atoms with van der Waals surface area (Å²) in [5.74, 6) is 0. The van der Waals surface area contributed by atoms with Crippen molar-refractivity contribution in [2.45, 2.75) is 82.9 Å². The van der Waals surface area contributed by atoms with Gasteiger partial charge in [0.15, 0.2) is 0 Å². The molecule has 2 unspecified atom stereocenters. The topological polar surface area (TPSA) is 21.3 Å². The van der Waals surface area contributed by atoms with E-state index in [4.69, 9.17) is 4.74 Å². The van der Waals surface area contributed by atoms with Crippen LogP contribution in [0, 0.1) is 5.41 Å². The van der Waals surface area contributed by atoms with Crippen molar-refractivity contribution >= 4 is 0 Å². The summed E-state index contributed by atoms with van der Waals surface area (Å²) in [4.78, 5) is 0. The van der Waals surface area contributed by atoms with Crippen molar-refractivity contribution in [2.24, 2.45) is 5.41 Å². The molecule has 2 atom stereocenters. The number of rotatable bonds is 4. The van der Waals surface area contributed by atoms with Gasteiger partial charge in [-0.25, -0.2) is 0 Å². The second-order valence-corrected chi connectivity index (χ2v) is 6.32. The first kappa shape index (κ1) is 12.0.